The fraction of sp³-hybridized carbons (Fsp3) is 0.538. The van der Waals surface area contributed by atoms with Crippen molar-refractivity contribution in [3.8, 4) is 0 Å². The van der Waals surface area contributed by atoms with Gasteiger partial charge in [-0.15, -0.1) is 0 Å². The normalized spacial score (nSPS) is 21.0. The highest BCUT2D eigenvalue weighted by molar-refractivity contribution is 5.31. The van der Waals surface area contributed by atoms with E-state index in [-0.39, 0.29) is 0 Å². The van der Waals surface area contributed by atoms with Crippen molar-refractivity contribution in [1.82, 2.24) is 0 Å². The van der Waals surface area contributed by atoms with Crippen LogP contribution in [0.5, 0.6) is 0 Å². The molecule has 0 aliphatic heterocycles. The Morgan fingerprint density at radius 2 is 1.92 bits per heavy atom. The summed E-state index contributed by atoms with van der Waals surface area (Å²) in [5.74, 6) is 0.713. The van der Waals surface area contributed by atoms with Gasteiger partial charge in [-0.05, 0) is 29.7 Å². The van der Waals surface area contributed by atoms with E-state index in [9.17, 15) is 0 Å². The second kappa shape index (κ2) is 3.95. The van der Waals surface area contributed by atoms with Gasteiger partial charge in [-0.2, -0.15) is 0 Å². The minimum atomic E-state index is 0.413. The zero-order valence-corrected chi connectivity index (χ0v) is 8.84. The smallest absolute Gasteiger partial charge is 0.00242 e. The van der Waals surface area contributed by atoms with Gasteiger partial charge < -0.3 is 0 Å². The Morgan fingerprint density at radius 3 is 2.15 bits per heavy atom. The Hall–Kier alpha value is -0.780. The minimum absolute atomic E-state index is 0.413. The zero-order chi connectivity index (χ0) is 9.90. The van der Waals surface area contributed by atoms with Crippen molar-refractivity contribution in [1.29, 1.82) is 0 Å². The van der Waals surface area contributed by atoms with Crippen LogP contribution >= 0.6 is 0 Å². The van der Waals surface area contributed by atoms with Crippen LogP contribution < -0.4 is 0 Å². The third kappa shape index (κ3) is 1.63. The van der Waals surface area contributed by atoms with Crippen molar-refractivity contribution in [3.05, 3.63) is 37.0 Å². The van der Waals surface area contributed by atoms with Crippen molar-refractivity contribution >= 4 is 0 Å². The maximum atomic E-state index is 3.89. The molecule has 0 heterocycles. The molecule has 1 rings (SSSR count). The molecule has 1 aliphatic rings. The average molecular weight is 176 g/mol. The molecule has 0 aromatic heterocycles. The van der Waals surface area contributed by atoms with Crippen LogP contribution in [-0.2, 0) is 0 Å². The van der Waals surface area contributed by atoms with Crippen molar-refractivity contribution in [3.63, 3.8) is 0 Å². The van der Waals surface area contributed by atoms with Gasteiger partial charge in [-0.3, -0.25) is 0 Å². The molecular weight excluding hydrogens is 156 g/mol. The monoisotopic (exact) mass is 176 g/mol. The van der Waals surface area contributed by atoms with Crippen LogP contribution in [0.2, 0.25) is 0 Å². The standard InChI is InChI=1S/C13H20/c1-5-8-12(6-2)13(11(3)4)9-7-10-13/h5-6,8,11H,1-2,7,9-10H2,3-4H3/b12-8+. The van der Waals surface area contributed by atoms with E-state index in [2.05, 4.69) is 33.1 Å². The molecule has 0 amide bonds. The lowest BCUT2D eigenvalue weighted by Gasteiger charge is -2.47. The number of hydrogen-bond acceptors (Lipinski definition) is 0. The highest BCUT2D eigenvalue weighted by Crippen LogP contribution is 2.52. The molecule has 1 saturated carbocycles. The van der Waals surface area contributed by atoms with Gasteiger partial charge in [-0.1, -0.05) is 51.7 Å². The molecule has 0 radical (unpaired) electrons. The molecule has 0 N–H and O–H groups in total. The molecule has 0 unspecified atom stereocenters. The summed E-state index contributed by atoms with van der Waals surface area (Å²) in [4.78, 5) is 0. The van der Waals surface area contributed by atoms with Gasteiger partial charge in [0.05, 0.1) is 0 Å². The van der Waals surface area contributed by atoms with E-state index in [0.717, 1.165) is 0 Å². The molecule has 0 spiro atoms. The molecular formula is C13H20. The summed E-state index contributed by atoms with van der Waals surface area (Å²) in [5, 5.41) is 0. The van der Waals surface area contributed by atoms with Crippen LogP contribution in [0.25, 0.3) is 0 Å². The van der Waals surface area contributed by atoms with Gasteiger partial charge >= 0.3 is 0 Å². The summed E-state index contributed by atoms with van der Waals surface area (Å²) in [6.45, 7) is 12.3. The number of rotatable bonds is 4. The fourth-order valence-electron chi connectivity index (χ4n) is 2.32. The summed E-state index contributed by atoms with van der Waals surface area (Å²) in [6.07, 6.45) is 9.99. The first-order chi connectivity index (χ1) is 6.17. The van der Waals surface area contributed by atoms with E-state index in [1.807, 2.05) is 12.2 Å². The molecule has 1 aliphatic carbocycles. The van der Waals surface area contributed by atoms with Crippen LogP contribution in [0.4, 0.5) is 0 Å². The van der Waals surface area contributed by atoms with Crippen LogP contribution in [0.15, 0.2) is 37.0 Å². The first-order valence-electron chi connectivity index (χ1n) is 5.13. The summed E-state index contributed by atoms with van der Waals surface area (Å²) >= 11 is 0. The molecule has 0 aromatic carbocycles. The third-order valence-electron chi connectivity index (χ3n) is 3.44. The molecule has 1 fully saturated rings. The second-order valence-corrected chi connectivity index (χ2v) is 4.23. The molecule has 13 heavy (non-hydrogen) atoms. The summed E-state index contributed by atoms with van der Waals surface area (Å²) < 4.78 is 0. The van der Waals surface area contributed by atoms with E-state index in [1.165, 1.54) is 24.8 Å². The van der Waals surface area contributed by atoms with Gasteiger partial charge in [0.25, 0.3) is 0 Å². The molecule has 0 saturated heterocycles. The highest BCUT2D eigenvalue weighted by Gasteiger charge is 2.41. The van der Waals surface area contributed by atoms with Crippen LogP contribution in [0.3, 0.4) is 0 Å². The number of hydrogen-bond donors (Lipinski definition) is 0. The lowest BCUT2D eigenvalue weighted by molar-refractivity contribution is 0.120. The van der Waals surface area contributed by atoms with E-state index >= 15 is 0 Å². The van der Waals surface area contributed by atoms with Gasteiger partial charge in [0.2, 0.25) is 0 Å². The minimum Gasteiger partial charge on any atom is -0.0991 e. The summed E-state index contributed by atoms with van der Waals surface area (Å²) in [5.41, 5.74) is 1.79. The average Bonchev–Trinajstić information content (AvgIpc) is 2.00. The van der Waals surface area contributed by atoms with E-state index in [0.29, 0.717) is 11.3 Å². The molecule has 0 nitrogen and oxygen atoms in total. The predicted molar refractivity (Wildman–Crippen MR) is 59.6 cm³/mol. The number of allylic oxidation sites excluding steroid dienone is 4. The first kappa shape index (κ1) is 10.3. The summed E-state index contributed by atoms with van der Waals surface area (Å²) in [7, 11) is 0. The Kier molecular flexibility index (Phi) is 3.13. The van der Waals surface area contributed by atoms with Gasteiger partial charge in [0, 0.05) is 0 Å². The molecule has 0 aromatic rings. The highest BCUT2D eigenvalue weighted by atomic mass is 14.5. The maximum Gasteiger partial charge on any atom is -0.00242 e. The topological polar surface area (TPSA) is 0 Å². The predicted octanol–water partition coefficient (Wildman–Crippen LogP) is 4.11. The largest absolute Gasteiger partial charge is 0.0991 e. The maximum absolute atomic E-state index is 3.89. The van der Waals surface area contributed by atoms with Gasteiger partial charge in [0.15, 0.2) is 0 Å². The fourth-order valence-corrected chi connectivity index (χ4v) is 2.32. The van der Waals surface area contributed by atoms with Gasteiger partial charge in [0.1, 0.15) is 0 Å². The SMILES string of the molecule is C=C/C=C(\C=C)C1(C(C)C)CCC1. The van der Waals surface area contributed by atoms with E-state index < -0.39 is 0 Å². The Bertz CT molecular complexity index is 226. The van der Waals surface area contributed by atoms with Crippen LogP contribution in [0, 0.1) is 11.3 Å². The second-order valence-electron chi connectivity index (χ2n) is 4.23. The van der Waals surface area contributed by atoms with E-state index in [1.54, 1.807) is 0 Å². The Labute approximate surface area is 82.0 Å². The van der Waals surface area contributed by atoms with E-state index in [4.69, 9.17) is 0 Å². The molecule has 0 heteroatoms. The van der Waals surface area contributed by atoms with Crippen LogP contribution in [0.1, 0.15) is 33.1 Å². The lowest BCUT2D eigenvalue weighted by atomic mass is 9.58. The summed E-state index contributed by atoms with van der Waals surface area (Å²) in [6, 6.07) is 0. The third-order valence-corrected chi connectivity index (χ3v) is 3.44. The first-order valence-corrected chi connectivity index (χ1v) is 5.13. The molecule has 0 atom stereocenters. The van der Waals surface area contributed by atoms with Crippen LogP contribution in [-0.4, -0.2) is 0 Å². The van der Waals surface area contributed by atoms with Crippen molar-refractivity contribution in [2.75, 3.05) is 0 Å². The van der Waals surface area contributed by atoms with Gasteiger partial charge in [-0.25, -0.2) is 0 Å². The quantitative estimate of drug-likeness (QED) is 0.565. The Morgan fingerprint density at radius 1 is 1.31 bits per heavy atom. The lowest BCUT2D eigenvalue weighted by Crippen LogP contribution is -2.36. The Balaban J connectivity index is 2.92. The zero-order valence-electron chi connectivity index (χ0n) is 8.84. The van der Waals surface area contributed by atoms with Crippen molar-refractivity contribution < 1.29 is 0 Å². The molecule has 72 valence electrons. The molecule has 0 bridgehead atoms. The van der Waals surface area contributed by atoms with Crippen molar-refractivity contribution in [2.45, 2.75) is 33.1 Å². The van der Waals surface area contributed by atoms with Crippen molar-refractivity contribution in [2.24, 2.45) is 11.3 Å².